The Kier molecular flexibility index (Phi) is 5.35. The first kappa shape index (κ1) is 19.3. The minimum atomic E-state index is -2.75. The fraction of sp³-hybridized carbons (Fsp3) is 0.737. The van der Waals surface area contributed by atoms with E-state index in [2.05, 4.69) is 5.10 Å². The van der Waals surface area contributed by atoms with Gasteiger partial charge in [0, 0.05) is 45.4 Å². The van der Waals surface area contributed by atoms with Gasteiger partial charge in [-0.25, -0.2) is 4.68 Å². The van der Waals surface area contributed by atoms with Gasteiger partial charge in [0.2, 0.25) is 5.91 Å². The molecule has 3 saturated heterocycles. The molecule has 3 aliphatic heterocycles. The molecule has 9 heteroatoms. The van der Waals surface area contributed by atoms with Gasteiger partial charge in [0.15, 0.2) is 5.69 Å². The van der Waals surface area contributed by atoms with Crippen molar-refractivity contribution in [1.29, 1.82) is 0 Å². The molecule has 1 spiro atoms. The maximum absolute atomic E-state index is 12.7. The number of ether oxygens (including phenoxy) is 1. The maximum atomic E-state index is 12.7. The van der Waals surface area contributed by atoms with Crippen molar-refractivity contribution < 1.29 is 23.1 Å². The van der Waals surface area contributed by atoms with Crippen LogP contribution in [0.1, 0.15) is 55.6 Å². The Morgan fingerprint density at radius 2 is 2.11 bits per heavy atom. The largest absolute Gasteiger partial charge is 0.376 e. The standard InChI is InChI=1S/C19H26F2N4O3/c20-18(21)25-8-4-15(22-25)17(27)23-9-6-19(7-10-23)5-3-16(26)24(13-19)12-14-2-1-11-28-14/h4,8,14,18H,1-3,5-7,9-13H2. The van der Waals surface area contributed by atoms with Crippen molar-refractivity contribution >= 4 is 11.8 Å². The summed E-state index contributed by atoms with van der Waals surface area (Å²) in [7, 11) is 0. The number of hydrogen-bond acceptors (Lipinski definition) is 4. The highest BCUT2D eigenvalue weighted by molar-refractivity contribution is 5.92. The van der Waals surface area contributed by atoms with Crippen LogP contribution in [-0.2, 0) is 9.53 Å². The van der Waals surface area contributed by atoms with Crippen LogP contribution in [0.2, 0.25) is 0 Å². The second-order valence-corrected chi connectivity index (χ2v) is 8.16. The van der Waals surface area contributed by atoms with Crippen molar-refractivity contribution in [2.24, 2.45) is 5.41 Å². The molecular formula is C19H26F2N4O3. The SMILES string of the molecule is O=C1CCC2(CCN(C(=O)c3ccn(C(F)F)n3)CC2)CN1CC1CCCO1. The summed E-state index contributed by atoms with van der Waals surface area (Å²) in [5.41, 5.74) is 0.0844. The summed E-state index contributed by atoms with van der Waals surface area (Å²) in [6.45, 7) is 0.518. The predicted octanol–water partition coefficient (Wildman–Crippen LogP) is 2.30. The van der Waals surface area contributed by atoms with Crippen LogP contribution in [0.25, 0.3) is 0 Å². The highest BCUT2D eigenvalue weighted by Crippen LogP contribution is 2.40. The summed E-state index contributed by atoms with van der Waals surface area (Å²) in [5, 5.41) is 3.68. The number of halogens is 2. The first-order chi connectivity index (χ1) is 13.5. The second kappa shape index (κ2) is 7.77. The highest BCUT2D eigenvalue weighted by Gasteiger charge is 2.42. The van der Waals surface area contributed by atoms with Crippen LogP contribution < -0.4 is 0 Å². The number of alkyl halides is 2. The van der Waals surface area contributed by atoms with E-state index in [1.165, 1.54) is 6.07 Å². The molecule has 4 rings (SSSR count). The Balaban J connectivity index is 1.35. The summed E-state index contributed by atoms with van der Waals surface area (Å²) in [4.78, 5) is 28.6. The smallest absolute Gasteiger partial charge is 0.333 e. The molecule has 28 heavy (non-hydrogen) atoms. The number of carbonyl (C=O) groups is 2. The van der Waals surface area contributed by atoms with Crippen LogP contribution in [-0.4, -0.2) is 70.3 Å². The molecule has 0 aromatic carbocycles. The normalized spacial score (nSPS) is 25.1. The predicted molar refractivity (Wildman–Crippen MR) is 95.8 cm³/mol. The lowest BCUT2D eigenvalue weighted by Gasteiger charge is -2.47. The van der Waals surface area contributed by atoms with E-state index in [4.69, 9.17) is 4.74 Å². The summed E-state index contributed by atoms with van der Waals surface area (Å²) in [5.74, 6) is -0.116. The van der Waals surface area contributed by atoms with Crippen molar-refractivity contribution in [3.05, 3.63) is 18.0 Å². The molecule has 2 amide bonds. The molecule has 1 aromatic heterocycles. The first-order valence-electron chi connectivity index (χ1n) is 9.98. The number of hydrogen-bond donors (Lipinski definition) is 0. The second-order valence-electron chi connectivity index (χ2n) is 8.16. The van der Waals surface area contributed by atoms with Gasteiger partial charge in [-0.1, -0.05) is 0 Å². The number of aromatic nitrogens is 2. The van der Waals surface area contributed by atoms with E-state index >= 15 is 0 Å². The topological polar surface area (TPSA) is 67.7 Å². The van der Waals surface area contributed by atoms with E-state index in [9.17, 15) is 18.4 Å². The van der Waals surface area contributed by atoms with Crippen LogP contribution in [0.15, 0.2) is 12.3 Å². The number of likely N-dealkylation sites (tertiary alicyclic amines) is 2. The molecule has 1 aromatic rings. The third-order valence-corrected chi connectivity index (χ3v) is 6.33. The van der Waals surface area contributed by atoms with E-state index in [1.807, 2.05) is 4.90 Å². The monoisotopic (exact) mass is 396 g/mol. The third-order valence-electron chi connectivity index (χ3n) is 6.33. The zero-order valence-electron chi connectivity index (χ0n) is 15.9. The van der Waals surface area contributed by atoms with Crippen molar-refractivity contribution in [3.63, 3.8) is 0 Å². The van der Waals surface area contributed by atoms with E-state index < -0.39 is 6.55 Å². The van der Waals surface area contributed by atoms with Crippen LogP contribution in [0.3, 0.4) is 0 Å². The number of carbonyl (C=O) groups excluding carboxylic acids is 2. The Bertz CT molecular complexity index is 725. The molecule has 1 unspecified atom stereocenters. The highest BCUT2D eigenvalue weighted by atomic mass is 19.3. The molecule has 0 N–H and O–H groups in total. The maximum Gasteiger partial charge on any atom is 0.333 e. The zero-order chi connectivity index (χ0) is 19.7. The average Bonchev–Trinajstić information content (AvgIpc) is 3.37. The van der Waals surface area contributed by atoms with E-state index in [0.29, 0.717) is 37.3 Å². The molecule has 0 aliphatic carbocycles. The number of rotatable bonds is 4. The number of piperidine rings is 2. The summed E-state index contributed by atoms with van der Waals surface area (Å²) >= 11 is 0. The van der Waals surface area contributed by atoms with Crippen LogP contribution >= 0.6 is 0 Å². The van der Waals surface area contributed by atoms with Crippen LogP contribution in [0, 0.1) is 5.41 Å². The fourth-order valence-electron chi connectivity index (χ4n) is 4.62. The van der Waals surface area contributed by atoms with Gasteiger partial charge in [0.1, 0.15) is 0 Å². The van der Waals surface area contributed by atoms with Gasteiger partial charge in [-0.15, -0.1) is 0 Å². The van der Waals surface area contributed by atoms with Gasteiger partial charge < -0.3 is 14.5 Å². The summed E-state index contributed by atoms with van der Waals surface area (Å²) in [6.07, 6.45) is 6.33. The quantitative estimate of drug-likeness (QED) is 0.783. The minimum absolute atomic E-state index is 0.0334. The fourth-order valence-corrected chi connectivity index (χ4v) is 4.62. The number of nitrogens with zero attached hydrogens (tertiary/aromatic N) is 4. The molecular weight excluding hydrogens is 370 g/mol. The Morgan fingerprint density at radius 3 is 2.75 bits per heavy atom. The van der Waals surface area contributed by atoms with E-state index in [-0.39, 0.29) is 29.0 Å². The molecule has 7 nitrogen and oxygen atoms in total. The van der Waals surface area contributed by atoms with Crippen LogP contribution in [0.5, 0.6) is 0 Å². The number of amides is 2. The van der Waals surface area contributed by atoms with Gasteiger partial charge in [-0.3, -0.25) is 9.59 Å². The minimum Gasteiger partial charge on any atom is -0.376 e. The molecule has 4 heterocycles. The van der Waals surface area contributed by atoms with Crippen LogP contribution in [0.4, 0.5) is 8.78 Å². The molecule has 0 radical (unpaired) electrons. The molecule has 154 valence electrons. The van der Waals surface area contributed by atoms with Gasteiger partial charge >= 0.3 is 6.55 Å². The van der Waals surface area contributed by atoms with Gasteiger partial charge in [-0.05, 0) is 43.6 Å². The molecule has 0 bridgehead atoms. The van der Waals surface area contributed by atoms with E-state index in [1.54, 1.807) is 4.90 Å². The van der Waals surface area contributed by atoms with E-state index in [0.717, 1.165) is 44.9 Å². The molecule has 1 atom stereocenters. The van der Waals surface area contributed by atoms with Gasteiger partial charge in [-0.2, -0.15) is 13.9 Å². The van der Waals surface area contributed by atoms with Crippen molar-refractivity contribution in [1.82, 2.24) is 19.6 Å². The third kappa shape index (κ3) is 3.90. The first-order valence-corrected chi connectivity index (χ1v) is 9.98. The molecule has 3 aliphatic rings. The van der Waals surface area contributed by atoms with Gasteiger partial charge in [0.25, 0.3) is 5.91 Å². The Morgan fingerprint density at radius 1 is 1.32 bits per heavy atom. The lowest BCUT2D eigenvalue weighted by Crippen LogP contribution is -2.53. The molecule has 3 fully saturated rings. The zero-order valence-corrected chi connectivity index (χ0v) is 15.9. The van der Waals surface area contributed by atoms with Gasteiger partial charge in [0.05, 0.1) is 6.10 Å². The van der Waals surface area contributed by atoms with Crippen molar-refractivity contribution in [3.8, 4) is 0 Å². The Labute approximate surface area is 162 Å². The van der Waals surface area contributed by atoms with Crippen molar-refractivity contribution in [2.75, 3.05) is 32.8 Å². The summed E-state index contributed by atoms with van der Waals surface area (Å²) < 4.78 is 31.5. The van der Waals surface area contributed by atoms with Crippen molar-refractivity contribution in [2.45, 2.75) is 51.2 Å². The average molecular weight is 396 g/mol. The lowest BCUT2D eigenvalue weighted by molar-refractivity contribution is -0.141. The molecule has 0 saturated carbocycles. The Hall–Kier alpha value is -2.03. The summed E-state index contributed by atoms with van der Waals surface area (Å²) in [6, 6.07) is 1.33. The lowest BCUT2D eigenvalue weighted by atomic mass is 9.72.